The summed E-state index contributed by atoms with van der Waals surface area (Å²) >= 11 is 0. The second-order valence-electron chi connectivity index (χ2n) is 4.18. The van der Waals surface area contributed by atoms with Gasteiger partial charge in [0.1, 0.15) is 5.75 Å². The molecule has 20 heavy (non-hydrogen) atoms. The van der Waals surface area contributed by atoms with Gasteiger partial charge in [0.05, 0.1) is 25.4 Å². The Morgan fingerprint density at radius 3 is 2.65 bits per heavy atom. The van der Waals surface area contributed by atoms with Crippen LogP contribution in [0.25, 0.3) is 11.3 Å². The van der Waals surface area contributed by atoms with E-state index in [4.69, 9.17) is 9.84 Å². The number of hydrogen-bond acceptors (Lipinski definition) is 4. The Balaban J connectivity index is 2.29. The summed E-state index contributed by atoms with van der Waals surface area (Å²) < 4.78 is 6.42. The van der Waals surface area contributed by atoms with Gasteiger partial charge in [0.25, 0.3) is 5.56 Å². The molecule has 0 unspecified atom stereocenters. The van der Waals surface area contributed by atoms with Crippen LogP contribution in [-0.4, -0.2) is 27.7 Å². The number of carbonyl (C=O) groups is 1. The lowest BCUT2D eigenvalue weighted by Gasteiger charge is -2.07. The monoisotopic (exact) mass is 274 g/mol. The highest BCUT2D eigenvalue weighted by Gasteiger charge is 2.05. The molecular formula is C14H14N2O4. The fourth-order valence-electron chi connectivity index (χ4n) is 1.75. The highest BCUT2D eigenvalue weighted by molar-refractivity contribution is 5.66. The molecule has 0 amide bonds. The topological polar surface area (TPSA) is 81.4 Å². The molecule has 0 atom stereocenters. The number of hydrogen-bond donors (Lipinski definition) is 1. The van der Waals surface area contributed by atoms with Gasteiger partial charge in [0.2, 0.25) is 0 Å². The number of carboxylic acids is 1. The molecule has 0 spiro atoms. The van der Waals surface area contributed by atoms with Crippen molar-refractivity contribution in [2.75, 3.05) is 7.11 Å². The number of aromatic nitrogens is 2. The molecule has 0 fully saturated rings. The summed E-state index contributed by atoms with van der Waals surface area (Å²) in [6, 6.07) is 7.24. The SMILES string of the molecule is COc1ccc(-c2cn(CCC(=O)O)c(=O)cn2)cc1. The minimum Gasteiger partial charge on any atom is -0.497 e. The van der Waals surface area contributed by atoms with Crippen LogP contribution >= 0.6 is 0 Å². The second kappa shape index (κ2) is 6.01. The normalized spacial score (nSPS) is 10.2. The molecule has 0 aliphatic rings. The molecule has 0 aliphatic carbocycles. The fraction of sp³-hybridized carbons (Fsp3) is 0.214. The van der Waals surface area contributed by atoms with Crippen molar-refractivity contribution >= 4 is 5.97 Å². The lowest BCUT2D eigenvalue weighted by Crippen LogP contribution is -2.21. The van der Waals surface area contributed by atoms with Crippen LogP contribution in [0.1, 0.15) is 6.42 Å². The maximum Gasteiger partial charge on any atom is 0.305 e. The molecule has 0 radical (unpaired) electrons. The predicted molar refractivity (Wildman–Crippen MR) is 72.7 cm³/mol. The quantitative estimate of drug-likeness (QED) is 0.891. The van der Waals surface area contributed by atoms with Crippen molar-refractivity contribution in [3.8, 4) is 17.0 Å². The Morgan fingerprint density at radius 1 is 1.35 bits per heavy atom. The first-order valence-corrected chi connectivity index (χ1v) is 6.03. The standard InChI is InChI=1S/C14H14N2O4/c1-20-11-4-2-10(3-5-11)12-9-16(7-6-14(18)19)13(17)8-15-12/h2-5,8-9H,6-7H2,1H3,(H,18,19). The van der Waals surface area contributed by atoms with Crippen molar-refractivity contribution in [3.63, 3.8) is 0 Å². The van der Waals surface area contributed by atoms with Crippen LogP contribution in [0.15, 0.2) is 41.5 Å². The summed E-state index contributed by atoms with van der Waals surface area (Å²) in [5, 5.41) is 8.66. The van der Waals surface area contributed by atoms with Crippen molar-refractivity contribution in [2.24, 2.45) is 0 Å². The number of ether oxygens (including phenoxy) is 1. The van der Waals surface area contributed by atoms with E-state index in [1.807, 2.05) is 12.1 Å². The van der Waals surface area contributed by atoms with Gasteiger partial charge in [0, 0.05) is 18.3 Å². The first kappa shape index (κ1) is 13.8. The van der Waals surface area contributed by atoms with Crippen molar-refractivity contribution in [1.29, 1.82) is 0 Å². The zero-order valence-electron chi connectivity index (χ0n) is 10.9. The summed E-state index contributed by atoms with van der Waals surface area (Å²) in [4.78, 5) is 26.2. The zero-order chi connectivity index (χ0) is 14.5. The molecule has 0 aliphatic heterocycles. The van der Waals surface area contributed by atoms with Gasteiger partial charge in [-0.15, -0.1) is 0 Å². The Labute approximate surface area is 115 Å². The highest BCUT2D eigenvalue weighted by atomic mass is 16.5. The number of aliphatic carboxylic acids is 1. The van der Waals surface area contributed by atoms with Gasteiger partial charge < -0.3 is 14.4 Å². The third kappa shape index (κ3) is 3.23. The van der Waals surface area contributed by atoms with E-state index in [1.54, 1.807) is 25.4 Å². The van der Waals surface area contributed by atoms with E-state index in [0.717, 1.165) is 11.3 Å². The minimum atomic E-state index is -0.945. The molecule has 2 rings (SSSR count). The first-order chi connectivity index (χ1) is 9.60. The minimum absolute atomic E-state index is 0.105. The summed E-state index contributed by atoms with van der Waals surface area (Å²) in [5.41, 5.74) is 1.12. The van der Waals surface area contributed by atoms with Crippen LogP contribution in [0.5, 0.6) is 5.75 Å². The van der Waals surface area contributed by atoms with Crippen LogP contribution in [0.2, 0.25) is 0 Å². The number of rotatable bonds is 5. The summed E-state index contributed by atoms with van der Waals surface area (Å²) in [6.07, 6.45) is 2.65. The molecule has 1 aromatic heterocycles. The van der Waals surface area contributed by atoms with Crippen molar-refractivity contribution < 1.29 is 14.6 Å². The van der Waals surface area contributed by atoms with E-state index in [9.17, 15) is 9.59 Å². The maximum absolute atomic E-state index is 11.6. The van der Waals surface area contributed by atoms with Gasteiger partial charge in [-0.2, -0.15) is 0 Å². The summed E-state index contributed by atoms with van der Waals surface area (Å²) in [7, 11) is 1.58. The van der Waals surface area contributed by atoms with E-state index >= 15 is 0 Å². The van der Waals surface area contributed by atoms with Gasteiger partial charge in [-0.25, -0.2) is 4.98 Å². The molecule has 6 nitrogen and oxygen atoms in total. The number of carboxylic acid groups (broad SMARTS) is 1. The Hall–Kier alpha value is -2.63. The molecule has 6 heteroatoms. The Kier molecular flexibility index (Phi) is 4.14. The predicted octanol–water partition coefficient (Wildman–Crippen LogP) is 1.39. The Bertz CT molecular complexity index is 662. The van der Waals surface area contributed by atoms with E-state index in [0.29, 0.717) is 5.69 Å². The molecule has 0 saturated heterocycles. The fourth-order valence-corrected chi connectivity index (χ4v) is 1.75. The molecule has 1 heterocycles. The molecular weight excluding hydrogens is 260 g/mol. The molecule has 0 saturated carbocycles. The van der Waals surface area contributed by atoms with Crippen LogP contribution in [0.3, 0.4) is 0 Å². The average Bonchev–Trinajstić information content (AvgIpc) is 2.46. The third-order valence-electron chi connectivity index (χ3n) is 2.83. The summed E-state index contributed by atoms with van der Waals surface area (Å²) in [6.45, 7) is 0.125. The van der Waals surface area contributed by atoms with Gasteiger partial charge >= 0.3 is 5.97 Å². The lowest BCUT2D eigenvalue weighted by atomic mass is 10.1. The Morgan fingerprint density at radius 2 is 2.05 bits per heavy atom. The largest absolute Gasteiger partial charge is 0.497 e. The summed E-state index contributed by atoms with van der Waals surface area (Å²) in [5.74, 6) is -0.215. The van der Waals surface area contributed by atoms with Crippen LogP contribution in [0.4, 0.5) is 0 Å². The van der Waals surface area contributed by atoms with E-state index < -0.39 is 5.97 Å². The smallest absolute Gasteiger partial charge is 0.305 e. The molecule has 0 bridgehead atoms. The zero-order valence-corrected chi connectivity index (χ0v) is 10.9. The lowest BCUT2D eigenvalue weighted by molar-refractivity contribution is -0.137. The number of aryl methyl sites for hydroxylation is 1. The average molecular weight is 274 g/mol. The molecule has 1 N–H and O–H groups in total. The van der Waals surface area contributed by atoms with Crippen molar-refractivity contribution in [1.82, 2.24) is 9.55 Å². The van der Waals surface area contributed by atoms with Gasteiger partial charge in [-0.3, -0.25) is 9.59 Å². The van der Waals surface area contributed by atoms with Crippen molar-refractivity contribution in [3.05, 3.63) is 47.0 Å². The van der Waals surface area contributed by atoms with E-state index in [1.165, 1.54) is 10.8 Å². The highest BCUT2D eigenvalue weighted by Crippen LogP contribution is 2.19. The van der Waals surface area contributed by atoms with Crippen LogP contribution in [-0.2, 0) is 11.3 Å². The van der Waals surface area contributed by atoms with E-state index in [2.05, 4.69) is 4.98 Å². The van der Waals surface area contributed by atoms with Crippen molar-refractivity contribution in [2.45, 2.75) is 13.0 Å². The molecule has 104 valence electrons. The van der Waals surface area contributed by atoms with E-state index in [-0.39, 0.29) is 18.5 Å². The number of methoxy groups -OCH3 is 1. The van der Waals surface area contributed by atoms with Gasteiger partial charge in [0.15, 0.2) is 0 Å². The number of nitrogens with zero attached hydrogens (tertiary/aromatic N) is 2. The van der Waals surface area contributed by atoms with Crippen LogP contribution in [0, 0.1) is 0 Å². The first-order valence-electron chi connectivity index (χ1n) is 6.03. The van der Waals surface area contributed by atoms with Gasteiger partial charge in [-0.1, -0.05) is 0 Å². The second-order valence-corrected chi connectivity index (χ2v) is 4.18. The maximum atomic E-state index is 11.6. The molecule has 2 aromatic rings. The molecule has 1 aromatic carbocycles. The van der Waals surface area contributed by atoms with Crippen LogP contribution < -0.4 is 10.3 Å². The number of benzene rings is 1. The third-order valence-corrected chi connectivity index (χ3v) is 2.83. The van der Waals surface area contributed by atoms with Gasteiger partial charge in [-0.05, 0) is 24.3 Å².